The predicted molar refractivity (Wildman–Crippen MR) is 133 cm³/mol. The lowest BCUT2D eigenvalue weighted by molar-refractivity contribution is -0.403. The van der Waals surface area contributed by atoms with Crippen LogP contribution in [0.3, 0.4) is 0 Å². The number of nitro groups is 1. The summed E-state index contributed by atoms with van der Waals surface area (Å²) in [4.78, 5) is 37.8. The lowest BCUT2D eigenvalue weighted by Crippen LogP contribution is -2.47. The molecule has 3 aromatic rings. The van der Waals surface area contributed by atoms with Crippen molar-refractivity contribution in [3.05, 3.63) is 88.1 Å². The lowest BCUT2D eigenvalue weighted by atomic mass is 10.1. The van der Waals surface area contributed by atoms with Crippen molar-refractivity contribution in [3.8, 4) is 0 Å². The number of carbonyl (C=O) groups is 2. The van der Waals surface area contributed by atoms with Crippen LogP contribution in [0.4, 0.5) is 5.69 Å². The van der Waals surface area contributed by atoms with Gasteiger partial charge in [0.2, 0.25) is 5.91 Å². The van der Waals surface area contributed by atoms with E-state index in [2.05, 4.69) is 10.6 Å². The van der Waals surface area contributed by atoms with E-state index in [1.165, 1.54) is 4.90 Å². The Morgan fingerprint density at radius 1 is 1.22 bits per heavy atom. The second-order valence-electron chi connectivity index (χ2n) is 8.66. The first-order valence-electron chi connectivity index (χ1n) is 11.7. The summed E-state index contributed by atoms with van der Waals surface area (Å²) in [6.45, 7) is 2.20. The summed E-state index contributed by atoms with van der Waals surface area (Å²) in [6.07, 6.45) is 2.71. The minimum atomic E-state index is -0.729. The zero-order valence-electron chi connectivity index (χ0n) is 19.9. The van der Waals surface area contributed by atoms with Crippen LogP contribution in [0.1, 0.15) is 30.6 Å². The quantitative estimate of drug-likeness (QED) is 0.261. The van der Waals surface area contributed by atoms with Crippen LogP contribution < -0.4 is 10.6 Å². The molecule has 10 nitrogen and oxygen atoms in total. The molecule has 2 heterocycles. The van der Waals surface area contributed by atoms with Gasteiger partial charge in [0.1, 0.15) is 30.5 Å². The molecule has 1 aliphatic rings. The Kier molecular flexibility index (Phi) is 7.84. The van der Waals surface area contributed by atoms with Crippen LogP contribution in [0.2, 0.25) is 0 Å². The number of amides is 1. The molecule has 1 unspecified atom stereocenters. The van der Waals surface area contributed by atoms with Crippen molar-refractivity contribution in [3.63, 3.8) is 0 Å². The fraction of sp³-hybridized carbons (Fsp3) is 0.308. The average molecular weight is 493 g/mol. The molecule has 2 aromatic carbocycles. The number of hydrogen-bond donors (Lipinski definition) is 2. The highest BCUT2D eigenvalue weighted by Crippen LogP contribution is 2.23. The van der Waals surface area contributed by atoms with E-state index >= 15 is 0 Å². The molecule has 0 saturated carbocycles. The van der Waals surface area contributed by atoms with Crippen LogP contribution in [-0.4, -0.2) is 40.8 Å². The summed E-state index contributed by atoms with van der Waals surface area (Å²) in [5.74, 6) is 0.0241. The topological polar surface area (TPSA) is 127 Å². The first kappa shape index (κ1) is 24.8. The Morgan fingerprint density at radius 3 is 2.81 bits per heavy atom. The number of hydrogen-bond acceptors (Lipinski definition) is 8. The number of furan rings is 1. The summed E-state index contributed by atoms with van der Waals surface area (Å²) in [6, 6.07) is 15.8. The number of rotatable bonds is 9. The molecule has 2 N–H and O–H groups in total. The van der Waals surface area contributed by atoms with Gasteiger partial charge in [0.25, 0.3) is 6.20 Å². The largest absolute Gasteiger partial charge is 0.461 e. The zero-order chi connectivity index (χ0) is 25.5. The number of fused-ring (bicyclic) bond motifs is 1. The van der Waals surface area contributed by atoms with Crippen molar-refractivity contribution in [1.29, 1.82) is 0 Å². The molecule has 188 valence electrons. The molecule has 0 spiro atoms. The van der Waals surface area contributed by atoms with E-state index in [0.717, 1.165) is 29.3 Å². The van der Waals surface area contributed by atoms with Crippen LogP contribution in [0.5, 0.6) is 0 Å². The van der Waals surface area contributed by atoms with E-state index in [1.807, 2.05) is 49.4 Å². The average Bonchev–Trinajstić information content (AvgIpc) is 3.14. The summed E-state index contributed by atoms with van der Waals surface area (Å²) >= 11 is 0. The fourth-order valence-electron chi connectivity index (χ4n) is 4.14. The molecule has 1 aromatic heterocycles. The van der Waals surface area contributed by atoms with Crippen molar-refractivity contribution in [2.75, 3.05) is 18.4 Å². The molecule has 1 aliphatic heterocycles. The third-order valence-corrected chi connectivity index (χ3v) is 5.83. The number of nitrogens with one attached hydrogen (secondary N) is 2. The zero-order valence-corrected chi connectivity index (χ0v) is 19.9. The van der Waals surface area contributed by atoms with E-state index in [0.29, 0.717) is 30.7 Å². The van der Waals surface area contributed by atoms with E-state index < -0.39 is 16.9 Å². The third-order valence-electron chi connectivity index (χ3n) is 5.83. The highest BCUT2D eigenvalue weighted by Gasteiger charge is 2.29. The molecule has 36 heavy (non-hydrogen) atoms. The minimum Gasteiger partial charge on any atom is -0.461 e. The van der Waals surface area contributed by atoms with Crippen LogP contribution in [0.25, 0.3) is 11.0 Å². The summed E-state index contributed by atoms with van der Waals surface area (Å²) in [5.41, 5.74) is 2.17. The van der Waals surface area contributed by atoms with Crippen LogP contribution in [-0.2, 0) is 20.9 Å². The first-order chi connectivity index (χ1) is 17.4. The molecule has 0 radical (unpaired) electrons. The number of likely N-dealkylation sites (tertiary alicyclic amines) is 1. The van der Waals surface area contributed by atoms with E-state index in [-0.39, 0.29) is 24.9 Å². The first-order valence-corrected chi connectivity index (χ1v) is 11.7. The van der Waals surface area contributed by atoms with Gasteiger partial charge in [-0.3, -0.25) is 19.7 Å². The number of anilines is 1. The Bertz CT molecular complexity index is 1270. The molecule has 10 heteroatoms. The van der Waals surface area contributed by atoms with E-state index in [1.54, 1.807) is 12.1 Å². The third kappa shape index (κ3) is 6.62. The van der Waals surface area contributed by atoms with Crippen molar-refractivity contribution >= 4 is 28.5 Å². The molecule has 4 rings (SSSR count). The maximum absolute atomic E-state index is 13.2. The van der Waals surface area contributed by atoms with Crippen molar-refractivity contribution in [2.24, 2.45) is 0 Å². The van der Waals surface area contributed by atoms with Crippen molar-refractivity contribution in [1.82, 2.24) is 10.2 Å². The number of aryl methyl sites for hydroxylation is 1. The number of carbonyl (C=O) groups excluding carboxylic acids is 2. The van der Waals surface area contributed by atoms with E-state index in [4.69, 9.17) is 9.15 Å². The maximum atomic E-state index is 13.2. The highest BCUT2D eigenvalue weighted by molar-refractivity contribution is 5.86. The van der Waals surface area contributed by atoms with Crippen LogP contribution in [0, 0.1) is 17.0 Å². The number of esters is 1. The van der Waals surface area contributed by atoms with Gasteiger partial charge in [0.15, 0.2) is 5.82 Å². The van der Waals surface area contributed by atoms with Gasteiger partial charge in [0.05, 0.1) is 4.92 Å². The van der Waals surface area contributed by atoms with Gasteiger partial charge in [-0.15, -0.1) is 0 Å². The molecule has 1 fully saturated rings. The Balaban J connectivity index is 1.41. The normalized spacial score (nSPS) is 16.5. The SMILES string of the molecule is Cc1cc2cc(NC(=C[N+](=O)[O-])NC3CCCCN(CC(=O)OCc4ccccc4)C3=O)ccc2o1. The van der Waals surface area contributed by atoms with Gasteiger partial charge in [-0.2, -0.15) is 0 Å². The molecular weight excluding hydrogens is 464 g/mol. The second kappa shape index (κ2) is 11.4. The van der Waals surface area contributed by atoms with Gasteiger partial charge < -0.3 is 24.7 Å². The Labute approximate surface area is 208 Å². The van der Waals surface area contributed by atoms with Crippen molar-refractivity contribution < 1.29 is 23.7 Å². The monoisotopic (exact) mass is 492 g/mol. The molecule has 1 saturated heterocycles. The molecular formula is C26H28N4O6. The van der Waals surface area contributed by atoms with Gasteiger partial charge in [0, 0.05) is 17.6 Å². The van der Waals surface area contributed by atoms with Gasteiger partial charge in [-0.25, -0.2) is 0 Å². The Morgan fingerprint density at radius 2 is 2.03 bits per heavy atom. The smallest absolute Gasteiger partial charge is 0.325 e. The van der Waals surface area contributed by atoms with Gasteiger partial charge in [-0.05, 0) is 56.0 Å². The number of nitrogens with zero attached hydrogens (tertiary/aromatic N) is 2. The molecule has 1 amide bonds. The standard InChI is InChI=1S/C26H28N4O6/c1-18-13-20-14-21(10-11-23(20)36-18)27-24(15-30(33)34)28-22-9-5-6-12-29(26(22)32)16-25(31)35-17-19-7-3-2-4-8-19/h2-4,7-8,10-11,13-15,22,27-28H,5-6,9,12,16-17H2,1H3. The molecule has 0 aliphatic carbocycles. The Hall–Kier alpha value is -4.34. The summed E-state index contributed by atoms with van der Waals surface area (Å²) in [7, 11) is 0. The van der Waals surface area contributed by atoms with Crippen molar-refractivity contribution in [2.45, 2.75) is 38.8 Å². The second-order valence-corrected chi connectivity index (χ2v) is 8.66. The van der Waals surface area contributed by atoms with Gasteiger partial charge >= 0.3 is 5.97 Å². The maximum Gasteiger partial charge on any atom is 0.325 e. The summed E-state index contributed by atoms with van der Waals surface area (Å²) < 4.78 is 10.9. The fourth-order valence-corrected chi connectivity index (χ4v) is 4.14. The summed E-state index contributed by atoms with van der Waals surface area (Å²) in [5, 5.41) is 18.1. The number of ether oxygens (including phenoxy) is 1. The molecule has 1 atom stereocenters. The minimum absolute atomic E-state index is 0.0754. The predicted octanol–water partition coefficient (Wildman–Crippen LogP) is 3.94. The number of benzene rings is 2. The van der Waals surface area contributed by atoms with Gasteiger partial charge in [-0.1, -0.05) is 30.3 Å². The van der Waals surface area contributed by atoms with E-state index in [9.17, 15) is 19.7 Å². The lowest BCUT2D eigenvalue weighted by Gasteiger charge is -2.25. The van der Waals surface area contributed by atoms with Crippen LogP contribution in [0.15, 0.2) is 71.0 Å². The molecule has 0 bridgehead atoms. The highest BCUT2D eigenvalue weighted by atomic mass is 16.6. The van der Waals surface area contributed by atoms with Crippen LogP contribution >= 0.6 is 0 Å².